The zero-order valence-electron chi connectivity index (χ0n) is 13.8. The van der Waals surface area contributed by atoms with Crippen molar-refractivity contribution in [2.75, 3.05) is 19.8 Å². The molecule has 0 bridgehead atoms. The fourth-order valence-corrected chi connectivity index (χ4v) is 3.17. The van der Waals surface area contributed by atoms with Crippen molar-refractivity contribution < 1.29 is 14.6 Å². The van der Waals surface area contributed by atoms with Gasteiger partial charge in [0.15, 0.2) is 0 Å². The minimum atomic E-state index is -0.774. The monoisotopic (exact) mass is 299 g/mol. The van der Waals surface area contributed by atoms with Crippen molar-refractivity contribution in [1.82, 2.24) is 5.32 Å². The van der Waals surface area contributed by atoms with Gasteiger partial charge in [-0.2, -0.15) is 0 Å². The highest BCUT2D eigenvalue weighted by Gasteiger charge is 2.35. The summed E-state index contributed by atoms with van der Waals surface area (Å²) in [6.07, 6.45) is 9.67. The van der Waals surface area contributed by atoms with Gasteiger partial charge in [-0.05, 0) is 51.0 Å². The Bertz CT molecular complexity index is 290. The van der Waals surface area contributed by atoms with Gasteiger partial charge >= 0.3 is 5.97 Å². The van der Waals surface area contributed by atoms with Gasteiger partial charge in [-0.15, -0.1) is 0 Å². The SMILES string of the molecule is CCCNC(CC)(CCCOCC1CCCCC1)C(=O)O. The first kappa shape index (κ1) is 18.4. The normalized spacial score (nSPS) is 19.3. The molecule has 1 aliphatic rings. The van der Waals surface area contributed by atoms with Crippen LogP contribution in [0.15, 0.2) is 0 Å². The molecule has 1 aliphatic carbocycles. The van der Waals surface area contributed by atoms with E-state index in [-0.39, 0.29) is 0 Å². The molecule has 4 nitrogen and oxygen atoms in total. The molecule has 0 aliphatic heterocycles. The molecular formula is C17H33NO3. The van der Waals surface area contributed by atoms with Crippen LogP contribution in [0.4, 0.5) is 0 Å². The second-order valence-corrected chi connectivity index (χ2v) is 6.35. The molecule has 124 valence electrons. The summed E-state index contributed by atoms with van der Waals surface area (Å²) in [6, 6.07) is 0. The first-order chi connectivity index (χ1) is 10.1. The van der Waals surface area contributed by atoms with Crippen molar-refractivity contribution in [1.29, 1.82) is 0 Å². The van der Waals surface area contributed by atoms with Crippen LogP contribution < -0.4 is 5.32 Å². The van der Waals surface area contributed by atoms with Crippen LogP contribution in [0.5, 0.6) is 0 Å². The number of carboxylic acid groups (broad SMARTS) is 1. The van der Waals surface area contributed by atoms with Gasteiger partial charge in [0, 0.05) is 13.2 Å². The van der Waals surface area contributed by atoms with Gasteiger partial charge in [0.25, 0.3) is 0 Å². The predicted molar refractivity (Wildman–Crippen MR) is 85.6 cm³/mol. The number of hydrogen-bond acceptors (Lipinski definition) is 3. The highest BCUT2D eigenvalue weighted by atomic mass is 16.5. The van der Waals surface area contributed by atoms with Gasteiger partial charge in [0.05, 0.1) is 0 Å². The summed E-state index contributed by atoms with van der Waals surface area (Å²) in [7, 11) is 0. The zero-order chi connectivity index (χ0) is 15.6. The van der Waals surface area contributed by atoms with Crippen molar-refractivity contribution in [3.05, 3.63) is 0 Å². The molecule has 0 amide bonds. The number of carbonyl (C=O) groups is 1. The zero-order valence-corrected chi connectivity index (χ0v) is 13.8. The second kappa shape index (κ2) is 10.2. The van der Waals surface area contributed by atoms with Crippen molar-refractivity contribution in [2.45, 2.75) is 77.2 Å². The summed E-state index contributed by atoms with van der Waals surface area (Å²) in [6.45, 7) is 6.29. The lowest BCUT2D eigenvalue weighted by Crippen LogP contribution is -2.52. The van der Waals surface area contributed by atoms with E-state index in [1.54, 1.807) is 0 Å². The van der Waals surface area contributed by atoms with Crippen molar-refractivity contribution in [3.8, 4) is 0 Å². The lowest BCUT2D eigenvalue weighted by Gasteiger charge is -2.29. The largest absolute Gasteiger partial charge is 0.480 e. The maximum atomic E-state index is 11.6. The fraction of sp³-hybridized carbons (Fsp3) is 0.941. The number of nitrogens with one attached hydrogen (secondary N) is 1. The standard InChI is InChI=1S/C17H33NO3/c1-3-12-18-17(4-2,16(19)20)11-8-13-21-14-15-9-6-5-7-10-15/h15,18H,3-14H2,1-2H3,(H,19,20). The Balaban J connectivity index is 2.24. The number of hydrogen-bond donors (Lipinski definition) is 2. The molecule has 1 atom stereocenters. The van der Waals surface area contributed by atoms with Crippen molar-refractivity contribution >= 4 is 5.97 Å². The minimum Gasteiger partial charge on any atom is -0.480 e. The predicted octanol–water partition coefficient (Wildman–Crippen LogP) is 3.60. The molecule has 1 saturated carbocycles. The van der Waals surface area contributed by atoms with Crippen LogP contribution in [0.25, 0.3) is 0 Å². The Morgan fingerprint density at radius 1 is 1.29 bits per heavy atom. The summed E-state index contributed by atoms with van der Waals surface area (Å²) in [5.74, 6) is -0.00176. The second-order valence-electron chi connectivity index (χ2n) is 6.35. The van der Waals surface area contributed by atoms with Crippen LogP contribution in [0, 0.1) is 5.92 Å². The van der Waals surface area contributed by atoms with E-state index < -0.39 is 11.5 Å². The van der Waals surface area contributed by atoms with Crippen molar-refractivity contribution in [2.24, 2.45) is 5.92 Å². The highest BCUT2D eigenvalue weighted by Crippen LogP contribution is 2.24. The molecule has 2 N–H and O–H groups in total. The third-order valence-corrected chi connectivity index (χ3v) is 4.70. The minimum absolute atomic E-state index is 0.616. The van der Waals surface area contributed by atoms with Gasteiger partial charge in [-0.3, -0.25) is 4.79 Å². The molecule has 1 unspecified atom stereocenters. The van der Waals surface area contributed by atoms with E-state index in [0.29, 0.717) is 19.4 Å². The Labute approximate surface area is 129 Å². The molecule has 0 aromatic heterocycles. The highest BCUT2D eigenvalue weighted by molar-refractivity contribution is 5.78. The average molecular weight is 299 g/mol. The first-order valence-electron chi connectivity index (χ1n) is 8.70. The molecule has 0 spiro atoms. The molecule has 0 heterocycles. The summed E-state index contributed by atoms with van der Waals surface area (Å²) in [4.78, 5) is 11.6. The Hall–Kier alpha value is -0.610. The molecule has 1 rings (SSSR count). The van der Waals surface area contributed by atoms with Gasteiger partial charge < -0.3 is 15.2 Å². The quantitative estimate of drug-likeness (QED) is 0.572. The Morgan fingerprint density at radius 3 is 2.57 bits per heavy atom. The van der Waals surface area contributed by atoms with Crippen LogP contribution in [-0.4, -0.2) is 36.4 Å². The average Bonchev–Trinajstić information content (AvgIpc) is 2.51. The third-order valence-electron chi connectivity index (χ3n) is 4.70. The summed E-state index contributed by atoms with van der Waals surface area (Å²) in [5.41, 5.74) is -0.774. The number of carboxylic acids is 1. The van der Waals surface area contributed by atoms with E-state index in [2.05, 4.69) is 12.2 Å². The summed E-state index contributed by atoms with van der Waals surface area (Å²) >= 11 is 0. The number of rotatable bonds is 11. The van der Waals surface area contributed by atoms with Crippen LogP contribution in [0.3, 0.4) is 0 Å². The Morgan fingerprint density at radius 2 is 2.00 bits per heavy atom. The number of aliphatic carboxylic acids is 1. The molecule has 21 heavy (non-hydrogen) atoms. The van der Waals surface area contributed by atoms with Crippen LogP contribution >= 0.6 is 0 Å². The van der Waals surface area contributed by atoms with Gasteiger partial charge in [0.1, 0.15) is 5.54 Å². The van der Waals surface area contributed by atoms with Gasteiger partial charge in [-0.1, -0.05) is 33.1 Å². The van der Waals surface area contributed by atoms with E-state index in [1.165, 1.54) is 32.1 Å². The van der Waals surface area contributed by atoms with E-state index in [0.717, 1.165) is 31.9 Å². The third kappa shape index (κ3) is 6.35. The fourth-order valence-electron chi connectivity index (χ4n) is 3.17. The van der Waals surface area contributed by atoms with Crippen LogP contribution in [-0.2, 0) is 9.53 Å². The molecule has 0 radical (unpaired) electrons. The van der Waals surface area contributed by atoms with Crippen LogP contribution in [0.2, 0.25) is 0 Å². The van der Waals surface area contributed by atoms with E-state index >= 15 is 0 Å². The van der Waals surface area contributed by atoms with Gasteiger partial charge in [0.2, 0.25) is 0 Å². The maximum absolute atomic E-state index is 11.6. The maximum Gasteiger partial charge on any atom is 0.323 e. The molecular weight excluding hydrogens is 266 g/mol. The van der Waals surface area contributed by atoms with Crippen LogP contribution in [0.1, 0.15) is 71.6 Å². The topological polar surface area (TPSA) is 58.6 Å². The first-order valence-corrected chi connectivity index (χ1v) is 8.70. The molecule has 0 aromatic rings. The van der Waals surface area contributed by atoms with E-state index in [9.17, 15) is 9.90 Å². The molecule has 1 fully saturated rings. The molecule has 0 aromatic carbocycles. The molecule has 4 heteroatoms. The smallest absolute Gasteiger partial charge is 0.323 e. The molecule has 0 saturated heterocycles. The van der Waals surface area contributed by atoms with E-state index in [4.69, 9.17) is 4.74 Å². The number of ether oxygens (including phenoxy) is 1. The van der Waals surface area contributed by atoms with Crippen molar-refractivity contribution in [3.63, 3.8) is 0 Å². The lowest BCUT2D eigenvalue weighted by atomic mass is 9.89. The Kier molecular flexibility index (Phi) is 8.93. The van der Waals surface area contributed by atoms with E-state index in [1.807, 2.05) is 6.92 Å². The summed E-state index contributed by atoms with van der Waals surface area (Å²) < 4.78 is 5.78. The van der Waals surface area contributed by atoms with Gasteiger partial charge in [-0.25, -0.2) is 0 Å². The summed E-state index contributed by atoms with van der Waals surface area (Å²) in [5, 5.41) is 12.7. The lowest BCUT2D eigenvalue weighted by molar-refractivity contribution is -0.145.